The Hall–Kier alpha value is -3.00. The molecule has 26 heavy (non-hydrogen) atoms. The molecule has 1 amide bonds. The number of carbonyl (C=O) groups excluding carboxylic acids is 2. The van der Waals surface area contributed by atoms with Crippen molar-refractivity contribution in [3.05, 3.63) is 66.0 Å². The van der Waals surface area contributed by atoms with E-state index < -0.39 is 5.92 Å². The van der Waals surface area contributed by atoms with E-state index in [1.807, 2.05) is 30.3 Å². The number of amides is 1. The molecule has 0 aliphatic carbocycles. The summed E-state index contributed by atoms with van der Waals surface area (Å²) in [5.41, 5.74) is 1.45. The number of benzene rings is 1. The minimum atomic E-state index is -0.870. The number of nitrogens with zero attached hydrogens (tertiary/aromatic N) is 3. The highest BCUT2D eigenvalue weighted by Gasteiger charge is 2.33. The van der Waals surface area contributed by atoms with E-state index in [9.17, 15) is 14.9 Å². The molecule has 0 N–H and O–H groups in total. The molecule has 5 heteroatoms. The van der Waals surface area contributed by atoms with Crippen LogP contribution in [0.1, 0.15) is 30.0 Å². The maximum absolute atomic E-state index is 12.9. The lowest BCUT2D eigenvalue weighted by Gasteiger charge is -2.32. The van der Waals surface area contributed by atoms with E-state index in [0.29, 0.717) is 31.6 Å². The highest BCUT2D eigenvalue weighted by atomic mass is 16.2. The molecule has 0 radical (unpaired) electrons. The van der Waals surface area contributed by atoms with Crippen LogP contribution in [-0.2, 0) is 16.0 Å². The quantitative estimate of drug-likeness (QED) is 0.833. The van der Waals surface area contributed by atoms with Crippen LogP contribution in [0.5, 0.6) is 0 Å². The summed E-state index contributed by atoms with van der Waals surface area (Å²) in [6, 6.07) is 16.9. The van der Waals surface area contributed by atoms with Crippen molar-refractivity contribution in [2.24, 2.45) is 5.92 Å². The SMILES string of the molecule is N#C[C@@H](C(=O)[C@H]1CCCN(C(=O)Cc2ccccc2)C1)c1ccccn1. The molecule has 0 saturated carbocycles. The lowest BCUT2D eigenvalue weighted by Crippen LogP contribution is -2.44. The molecule has 0 bridgehead atoms. The van der Waals surface area contributed by atoms with Crippen molar-refractivity contribution < 1.29 is 9.59 Å². The number of Topliss-reactive ketones (excluding diaryl/α,β-unsaturated/α-hetero) is 1. The van der Waals surface area contributed by atoms with E-state index in [1.54, 1.807) is 29.3 Å². The molecular weight excluding hydrogens is 326 g/mol. The summed E-state index contributed by atoms with van der Waals surface area (Å²) in [6.07, 6.45) is 3.41. The number of ketones is 1. The Balaban J connectivity index is 1.67. The summed E-state index contributed by atoms with van der Waals surface area (Å²) in [4.78, 5) is 31.3. The molecule has 0 spiro atoms. The van der Waals surface area contributed by atoms with Crippen LogP contribution < -0.4 is 0 Å². The second-order valence-electron chi connectivity index (χ2n) is 6.56. The number of aromatic nitrogens is 1. The molecule has 1 fully saturated rings. The largest absolute Gasteiger partial charge is 0.342 e. The predicted octanol–water partition coefficient (Wildman–Crippen LogP) is 2.74. The van der Waals surface area contributed by atoms with Crippen LogP contribution >= 0.6 is 0 Å². The summed E-state index contributed by atoms with van der Waals surface area (Å²) in [6.45, 7) is 1.05. The molecule has 1 aliphatic rings. The van der Waals surface area contributed by atoms with Crippen molar-refractivity contribution in [1.82, 2.24) is 9.88 Å². The maximum Gasteiger partial charge on any atom is 0.227 e. The third-order valence-electron chi connectivity index (χ3n) is 4.77. The van der Waals surface area contributed by atoms with Crippen molar-refractivity contribution in [3.8, 4) is 6.07 Å². The van der Waals surface area contributed by atoms with Gasteiger partial charge in [-0.2, -0.15) is 5.26 Å². The average molecular weight is 347 g/mol. The lowest BCUT2D eigenvalue weighted by molar-refractivity contribution is -0.134. The maximum atomic E-state index is 12.9. The molecule has 5 nitrogen and oxygen atoms in total. The van der Waals surface area contributed by atoms with Crippen LogP contribution in [0.15, 0.2) is 54.7 Å². The molecular formula is C21H21N3O2. The van der Waals surface area contributed by atoms with Gasteiger partial charge >= 0.3 is 0 Å². The Kier molecular flexibility index (Phi) is 5.75. The minimum absolute atomic E-state index is 0.0278. The first-order valence-corrected chi connectivity index (χ1v) is 8.85. The topological polar surface area (TPSA) is 74.1 Å². The zero-order valence-electron chi connectivity index (χ0n) is 14.5. The molecule has 2 atom stereocenters. The van der Waals surface area contributed by atoms with Crippen molar-refractivity contribution >= 4 is 11.7 Å². The van der Waals surface area contributed by atoms with Gasteiger partial charge in [0.15, 0.2) is 5.78 Å². The van der Waals surface area contributed by atoms with Gasteiger partial charge in [0.2, 0.25) is 5.91 Å². The molecule has 2 aromatic rings. The van der Waals surface area contributed by atoms with Crippen molar-refractivity contribution in [2.45, 2.75) is 25.2 Å². The fourth-order valence-corrected chi connectivity index (χ4v) is 3.38. The Morgan fingerprint density at radius 1 is 1.19 bits per heavy atom. The zero-order chi connectivity index (χ0) is 18.4. The van der Waals surface area contributed by atoms with Crippen LogP contribution in [0.25, 0.3) is 0 Å². The number of hydrogen-bond acceptors (Lipinski definition) is 4. The van der Waals surface area contributed by atoms with Gasteiger partial charge in [0.05, 0.1) is 18.2 Å². The third kappa shape index (κ3) is 4.15. The predicted molar refractivity (Wildman–Crippen MR) is 97.0 cm³/mol. The number of carbonyl (C=O) groups is 2. The second-order valence-corrected chi connectivity index (χ2v) is 6.56. The summed E-state index contributed by atoms with van der Waals surface area (Å²) in [7, 11) is 0. The molecule has 1 aromatic heterocycles. The number of likely N-dealkylation sites (tertiary alicyclic amines) is 1. The van der Waals surface area contributed by atoms with E-state index in [-0.39, 0.29) is 17.6 Å². The molecule has 2 heterocycles. The highest BCUT2D eigenvalue weighted by molar-refractivity contribution is 5.91. The number of pyridine rings is 1. The summed E-state index contributed by atoms with van der Waals surface area (Å²) in [5.74, 6) is -1.29. The van der Waals surface area contributed by atoms with Gasteiger partial charge in [-0.1, -0.05) is 36.4 Å². The van der Waals surface area contributed by atoms with Crippen LogP contribution in [0.4, 0.5) is 0 Å². The Labute approximate surface area is 153 Å². The van der Waals surface area contributed by atoms with E-state index in [2.05, 4.69) is 11.1 Å². The first kappa shape index (κ1) is 17.8. The average Bonchev–Trinajstić information content (AvgIpc) is 2.70. The minimum Gasteiger partial charge on any atom is -0.342 e. The van der Waals surface area contributed by atoms with Gasteiger partial charge in [0.1, 0.15) is 5.92 Å². The van der Waals surface area contributed by atoms with E-state index in [0.717, 1.165) is 12.0 Å². The van der Waals surface area contributed by atoms with Gasteiger partial charge in [-0.3, -0.25) is 14.6 Å². The first-order valence-electron chi connectivity index (χ1n) is 8.85. The van der Waals surface area contributed by atoms with E-state index >= 15 is 0 Å². The Morgan fingerprint density at radius 3 is 2.65 bits per heavy atom. The Morgan fingerprint density at radius 2 is 1.96 bits per heavy atom. The molecule has 0 unspecified atom stereocenters. The van der Waals surface area contributed by atoms with E-state index in [4.69, 9.17) is 0 Å². The number of hydrogen-bond donors (Lipinski definition) is 0. The van der Waals surface area contributed by atoms with Gasteiger partial charge in [0, 0.05) is 25.2 Å². The van der Waals surface area contributed by atoms with Crippen LogP contribution in [0, 0.1) is 17.2 Å². The zero-order valence-corrected chi connectivity index (χ0v) is 14.5. The normalized spacial score (nSPS) is 18.0. The highest BCUT2D eigenvalue weighted by Crippen LogP contribution is 2.25. The van der Waals surface area contributed by atoms with Crippen LogP contribution in [0.3, 0.4) is 0 Å². The fourth-order valence-electron chi connectivity index (χ4n) is 3.38. The molecule has 1 aromatic carbocycles. The number of piperidine rings is 1. The van der Waals surface area contributed by atoms with Gasteiger partial charge < -0.3 is 4.90 Å². The standard InChI is InChI=1S/C21H21N3O2/c22-14-18(19-10-4-5-11-23-19)21(26)17-9-6-12-24(15-17)20(25)13-16-7-2-1-3-8-16/h1-5,7-8,10-11,17-18H,6,9,12-13,15H2/t17-,18+/m0/s1. The van der Waals surface area contributed by atoms with Crippen molar-refractivity contribution in [2.75, 3.05) is 13.1 Å². The molecule has 132 valence electrons. The van der Waals surface area contributed by atoms with Crippen molar-refractivity contribution in [1.29, 1.82) is 5.26 Å². The summed E-state index contributed by atoms with van der Waals surface area (Å²) in [5, 5.41) is 9.46. The van der Waals surface area contributed by atoms with Gasteiger partial charge in [-0.15, -0.1) is 0 Å². The number of nitriles is 1. The smallest absolute Gasteiger partial charge is 0.227 e. The lowest BCUT2D eigenvalue weighted by atomic mass is 9.85. The summed E-state index contributed by atoms with van der Waals surface area (Å²) < 4.78 is 0. The van der Waals surface area contributed by atoms with Gasteiger partial charge in [-0.25, -0.2) is 0 Å². The third-order valence-corrected chi connectivity index (χ3v) is 4.77. The number of rotatable bonds is 5. The fraction of sp³-hybridized carbons (Fsp3) is 0.333. The molecule has 1 aliphatic heterocycles. The van der Waals surface area contributed by atoms with Crippen LogP contribution in [-0.4, -0.2) is 34.7 Å². The van der Waals surface area contributed by atoms with Gasteiger partial charge in [-0.05, 0) is 30.5 Å². The Bertz CT molecular complexity index is 799. The summed E-state index contributed by atoms with van der Waals surface area (Å²) >= 11 is 0. The van der Waals surface area contributed by atoms with Crippen LogP contribution in [0.2, 0.25) is 0 Å². The van der Waals surface area contributed by atoms with Gasteiger partial charge in [0.25, 0.3) is 0 Å². The first-order chi connectivity index (χ1) is 12.7. The molecule has 3 rings (SSSR count). The monoisotopic (exact) mass is 347 g/mol. The van der Waals surface area contributed by atoms with E-state index in [1.165, 1.54) is 0 Å². The molecule has 1 saturated heterocycles. The second kappa shape index (κ2) is 8.39. The van der Waals surface area contributed by atoms with Crippen molar-refractivity contribution in [3.63, 3.8) is 0 Å².